The second kappa shape index (κ2) is 7.99. The van der Waals surface area contributed by atoms with E-state index in [9.17, 15) is 9.59 Å². The average molecular weight is 393 g/mol. The molecule has 1 aliphatic carbocycles. The minimum atomic E-state index is -0.881. The molecule has 2 fully saturated rings. The summed E-state index contributed by atoms with van der Waals surface area (Å²) >= 11 is 0. The molecule has 2 aromatic rings. The summed E-state index contributed by atoms with van der Waals surface area (Å²) < 4.78 is 10.9. The van der Waals surface area contributed by atoms with Crippen LogP contribution < -0.4 is 4.74 Å². The normalized spacial score (nSPS) is 26.8. The zero-order chi connectivity index (χ0) is 20.4. The fourth-order valence-corrected chi connectivity index (χ4v) is 5.31. The van der Waals surface area contributed by atoms with Gasteiger partial charge >= 0.3 is 5.97 Å². The maximum atomic E-state index is 13.3. The van der Waals surface area contributed by atoms with Crippen molar-refractivity contribution < 1.29 is 19.1 Å². The van der Waals surface area contributed by atoms with Crippen molar-refractivity contribution in [2.24, 2.45) is 11.3 Å². The lowest BCUT2D eigenvalue weighted by atomic mass is 9.59. The quantitative estimate of drug-likeness (QED) is 0.729. The van der Waals surface area contributed by atoms with Crippen molar-refractivity contribution in [2.45, 2.75) is 25.3 Å². The van der Waals surface area contributed by atoms with Gasteiger partial charge in [-0.2, -0.15) is 0 Å². The molecule has 152 valence electrons. The maximum absolute atomic E-state index is 13.3. The molecule has 3 atom stereocenters. The smallest absolute Gasteiger partial charge is 0.314 e. The highest BCUT2D eigenvalue weighted by atomic mass is 16.5. The number of fused-ring (bicyclic) bond motifs is 1. The van der Waals surface area contributed by atoms with E-state index in [0.717, 1.165) is 11.3 Å². The standard InChI is InChI=1S/C24H27NO4/c1-28-22-11-7-6-10-18(22)19-12-13-21(26)20-15-25(14-17-8-4-3-5-9-17)16-24(19,20)23(27)29-2/h3-11,19-20H,12-16H2,1-2H3. The molecule has 4 rings (SSSR count). The highest BCUT2D eigenvalue weighted by Gasteiger charge is 2.62. The van der Waals surface area contributed by atoms with E-state index in [1.165, 1.54) is 12.7 Å². The van der Waals surface area contributed by atoms with E-state index >= 15 is 0 Å². The number of methoxy groups -OCH3 is 2. The first-order chi connectivity index (χ1) is 14.1. The molecule has 1 saturated heterocycles. The van der Waals surface area contributed by atoms with Crippen LogP contribution in [0.15, 0.2) is 54.6 Å². The molecule has 0 bridgehead atoms. The van der Waals surface area contributed by atoms with Gasteiger partial charge in [0.15, 0.2) is 0 Å². The van der Waals surface area contributed by atoms with Gasteiger partial charge in [0.1, 0.15) is 11.5 Å². The van der Waals surface area contributed by atoms with Crippen LogP contribution in [0.4, 0.5) is 0 Å². The number of carbonyl (C=O) groups is 2. The van der Waals surface area contributed by atoms with E-state index in [4.69, 9.17) is 9.47 Å². The number of likely N-dealkylation sites (tertiary alicyclic amines) is 1. The Morgan fingerprint density at radius 3 is 2.52 bits per heavy atom. The Morgan fingerprint density at radius 2 is 1.79 bits per heavy atom. The highest BCUT2D eigenvalue weighted by Crippen LogP contribution is 2.55. The van der Waals surface area contributed by atoms with Crippen LogP contribution >= 0.6 is 0 Å². The van der Waals surface area contributed by atoms with Gasteiger partial charge in [-0.15, -0.1) is 0 Å². The van der Waals surface area contributed by atoms with Gasteiger partial charge in [-0.05, 0) is 23.6 Å². The fourth-order valence-electron chi connectivity index (χ4n) is 5.31. The topological polar surface area (TPSA) is 55.8 Å². The van der Waals surface area contributed by atoms with E-state index in [1.54, 1.807) is 7.11 Å². The number of hydrogen-bond donors (Lipinski definition) is 0. The summed E-state index contributed by atoms with van der Waals surface area (Å²) in [5.74, 6) is 0.159. The van der Waals surface area contributed by atoms with Crippen LogP contribution in [0.1, 0.15) is 29.9 Å². The second-order valence-corrected chi connectivity index (χ2v) is 8.04. The Labute approximate surface area is 171 Å². The van der Waals surface area contributed by atoms with Crippen molar-refractivity contribution in [1.82, 2.24) is 4.90 Å². The molecule has 0 N–H and O–H groups in total. The van der Waals surface area contributed by atoms with Gasteiger partial charge in [-0.25, -0.2) is 0 Å². The number of ether oxygens (including phenoxy) is 2. The summed E-state index contributed by atoms with van der Waals surface area (Å²) in [6.07, 6.45) is 1.11. The molecule has 1 heterocycles. The van der Waals surface area contributed by atoms with Crippen molar-refractivity contribution in [2.75, 3.05) is 27.3 Å². The Morgan fingerprint density at radius 1 is 1.07 bits per heavy atom. The first kappa shape index (κ1) is 19.6. The molecule has 0 spiro atoms. The average Bonchev–Trinajstić information content (AvgIpc) is 3.15. The highest BCUT2D eigenvalue weighted by molar-refractivity contribution is 5.93. The molecule has 5 nitrogen and oxygen atoms in total. The lowest BCUT2D eigenvalue weighted by Gasteiger charge is -2.42. The molecule has 1 aliphatic heterocycles. The van der Waals surface area contributed by atoms with Crippen LogP contribution in [-0.4, -0.2) is 44.0 Å². The zero-order valence-electron chi connectivity index (χ0n) is 17.0. The molecule has 5 heteroatoms. The molecular formula is C24H27NO4. The summed E-state index contributed by atoms with van der Waals surface area (Å²) in [7, 11) is 3.07. The first-order valence-electron chi connectivity index (χ1n) is 10.1. The molecular weight excluding hydrogens is 366 g/mol. The van der Waals surface area contributed by atoms with E-state index in [1.807, 2.05) is 42.5 Å². The fraction of sp³-hybridized carbons (Fsp3) is 0.417. The first-order valence-corrected chi connectivity index (χ1v) is 10.1. The number of Topliss-reactive ketones (excluding diaryl/α,β-unsaturated/α-hetero) is 1. The van der Waals surface area contributed by atoms with E-state index < -0.39 is 5.41 Å². The number of nitrogens with zero attached hydrogens (tertiary/aromatic N) is 1. The summed E-state index contributed by atoms with van der Waals surface area (Å²) in [6.45, 7) is 1.80. The molecule has 29 heavy (non-hydrogen) atoms. The number of hydrogen-bond acceptors (Lipinski definition) is 5. The third kappa shape index (κ3) is 3.33. The Bertz CT molecular complexity index is 897. The Kier molecular flexibility index (Phi) is 5.41. The van der Waals surface area contributed by atoms with Gasteiger partial charge in [0.2, 0.25) is 0 Å². The second-order valence-electron chi connectivity index (χ2n) is 8.04. The molecule has 2 aliphatic rings. The SMILES string of the molecule is COC(=O)C12CN(Cc3ccccc3)CC1C(=O)CCC2c1ccccc1OC. The summed E-state index contributed by atoms with van der Waals surface area (Å²) in [6, 6.07) is 18.0. The van der Waals surface area contributed by atoms with Crippen LogP contribution in [0, 0.1) is 11.3 Å². The maximum Gasteiger partial charge on any atom is 0.314 e. The van der Waals surface area contributed by atoms with E-state index in [2.05, 4.69) is 17.0 Å². The van der Waals surface area contributed by atoms with Crippen LogP contribution in [-0.2, 0) is 20.9 Å². The zero-order valence-corrected chi connectivity index (χ0v) is 17.0. The lowest BCUT2D eigenvalue weighted by Crippen LogP contribution is -2.50. The van der Waals surface area contributed by atoms with Crippen LogP contribution in [0.5, 0.6) is 5.75 Å². The van der Waals surface area contributed by atoms with Gasteiger partial charge in [-0.3, -0.25) is 14.5 Å². The van der Waals surface area contributed by atoms with Crippen molar-refractivity contribution in [3.63, 3.8) is 0 Å². The molecule has 2 aromatic carbocycles. The minimum Gasteiger partial charge on any atom is -0.496 e. The molecule has 1 saturated carbocycles. The molecule has 0 aromatic heterocycles. The van der Waals surface area contributed by atoms with Gasteiger partial charge in [-0.1, -0.05) is 48.5 Å². The number of benzene rings is 2. The number of carbonyl (C=O) groups excluding carboxylic acids is 2. The van der Waals surface area contributed by atoms with Gasteiger partial charge in [0.25, 0.3) is 0 Å². The van der Waals surface area contributed by atoms with Crippen molar-refractivity contribution in [3.8, 4) is 5.75 Å². The van der Waals surface area contributed by atoms with Crippen LogP contribution in [0.25, 0.3) is 0 Å². The number of rotatable bonds is 5. The van der Waals surface area contributed by atoms with E-state index in [0.29, 0.717) is 32.5 Å². The third-order valence-electron chi connectivity index (χ3n) is 6.57. The predicted molar refractivity (Wildman–Crippen MR) is 110 cm³/mol. The van der Waals surface area contributed by atoms with Gasteiger partial charge in [0.05, 0.1) is 19.6 Å². The van der Waals surface area contributed by atoms with Gasteiger partial charge in [0, 0.05) is 37.9 Å². The third-order valence-corrected chi connectivity index (χ3v) is 6.57. The minimum absolute atomic E-state index is 0.116. The molecule has 3 unspecified atom stereocenters. The predicted octanol–water partition coefficient (Wildman–Crippen LogP) is 3.43. The number of esters is 1. The monoisotopic (exact) mass is 393 g/mol. The van der Waals surface area contributed by atoms with Crippen LogP contribution in [0.3, 0.4) is 0 Å². The van der Waals surface area contributed by atoms with Crippen LogP contribution in [0.2, 0.25) is 0 Å². The van der Waals surface area contributed by atoms with Crippen molar-refractivity contribution in [3.05, 3.63) is 65.7 Å². The van der Waals surface area contributed by atoms with Crippen molar-refractivity contribution >= 4 is 11.8 Å². The van der Waals surface area contributed by atoms with Gasteiger partial charge < -0.3 is 9.47 Å². The summed E-state index contributed by atoms with van der Waals surface area (Å²) in [5, 5.41) is 0. The lowest BCUT2D eigenvalue weighted by molar-refractivity contribution is -0.161. The van der Waals surface area contributed by atoms with Crippen molar-refractivity contribution in [1.29, 1.82) is 0 Å². The number of para-hydroxylation sites is 1. The summed E-state index contributed by atoms with van der Waals surface area (Å²) in [5.41, 5.74) is 1.28. The molecule has 0 radical (unpaired) electrons. The Balaban J connectivity index is 1.75. The number of ketones is 1. The van der Waals surface area contributed by atoms with E-state index in [-0.39, 0.29) is 23.6 Å². The molecule has 0 amide bonds. The largest absolute Gasteiger partial charge is 0.496 e. The summed E-state index contributed by atoms with van der Waals surface area (Å²) in [4.78, 5) is 28.4. The Hall–Kier alpha value is -2.66.